The predicted molar refractivity (Wildman–Crippen MR) is 34.7 cm³/mol. The van der Waals surface area contributed by atoms with Crippen LogP contribution in [-0.4, -0.2) is 18.5 Å². The fourth-order valence-electron chi connectivity index (χ4n) is 0.167. The van der Waals surface area contributed by atoms with Gasteiger partial charge in [0.15, 0.2) is 6.29 Å². The van der Waals surface area contributed by atoms with Gasteiger partial charge in [0.25, 0.3) is 0 Å². The molecular weight excluding hydrogens is 104 g/mol. The van der Waals surface area contributed by atoms with E-state index in [1.165, 1.54) is 7.11 Å². The second kappa shape index (κ2) is 10.0. The third-order valence-electron chi connectivity index (χ3n) is 0.621. The van der Waals surface area contributed by atoms with Crippen LogP contribution in [0.3, 0.4) is 0 Å². The first kappa shape index (κ1) is 10.8. The zero-order valence-electron chi connectivity index (χ0n) is 6.14. The van der Waals surface area contributed by atoms with E-state index < -0.39 is 6.29 Å². The van der Waals surface area contributed by atoms with Gasteiger partial charge in [0, 0.05) is 7.11 Å². The molecule has 0 radical (unpaired) electrons. The van der Waals surface area contributed by atoms with Crippen LogP contribution in [0.25, 0.3) is 0 Å². The van der Waals surface area contributed by atoms with Crippen molar-refractivity contribution < 1.29 is 9.84 Å². The van der Waals surface area contributed by atoms with Gasteiger partial charge in [0.2, 0.25) is 0 Å². The first-order chi connectivity index (χ1) is 3.81. The van der Waals surface area contributed by atoms with Gasteiger partial charge in [0.05, 0.1) is 0 Å². The fraction of sp³-hybridized carbons (Fsp3) is 1.00. The highest BCUT2D eigenvalue weighted by molar-refractivity contribution is 4.26. The predicted octanol–water partition coefficient (Wildman–Crippen LogP) is 1.39. The minimum atomic E-state index is -0.565. The van der Waals surface area contributed by atoms with Crippen LogP contribution in [-0.2, 0) is 4.74 Å². The lowest BCUT2D eigenvalue weighted by Gasteiger charge is -2.00. The molecule has 0 saturated carbocycles. The summed E-state index contributed by atoms with van der Waals surface area (Å²) in [5.41, 5.74) is 0. The summed E-state index contributed by atoms with van der Waals surface area (Å²) < 4.78 is 4.45. The molecule has 8 heavy (non-hydrogen) atoms. The van der Waals surface area contributed by atoms with Gasteiger partial charge in [-0.1, -0.05) is 20.8 Å². The molecule has 0 aromatic carbocycles. The van der Waals surface area contributed by atoms with E-state index in [9.17, 15) is 0 Å². The summed E-state index contributed by atoms with van der Waals surface area (Å²) >= 11 is 0. The molecule has 0 fully saturated rings. The van der Waals surface area contributed by atoms with Crippen molar-refractivity contribution in [3.63, 3.8) is 0 Å². The highest BCUT2D eigenvalue weighted by Crippen LogP contribution is 1.85. The number of methoxy groups -OCH3 is 1. The van der Waals surface area contributed by atoms with Crippen LogP contribution in [0.2, 0.25) is 0 Å². The Bertz CT molecular complexity index is 25.7. The summed E-state index contributed by atoms with van der Waals surface area (Å²) in [6.07, 6.45) is 0.0984. The molecule has 1 atom stereocenters. The molecule has 1 unspecified atom stereocenters. The Hall–Kier alpha value is -0.0800. The van der Waals surface area contributed by atoms with Crippen molar-refractivity contribution in [2.24, 2.45) is 0 Å². The zero-order chi connectivity index (χ0) is 6.99. The van der Waals surface area contributed by atoms with Crippen LogP contribution in [0, 0.1) is 0 Å². The molecule has 0 aliphatic carbocycles. The molecule has 0 aromatic rings. The summed E-state index contributed by atoms with van der Waals surface area (Å²) in [6, 6.07) is 0. The smallest absolute Gasteiger partial charge is 0.153 e. The Morgan fingerprint density at radius 1 is 1.50 bits per heavy atom. The molecule has 0 amide bonds. The van der Waals surface area contributed by atoms with Gasteiger partial charge < -0.3 is 9.84 Å². The first-order valence-corrected chi connectivity index (χ1v) is 3.02. The Kier molecular flexibility index (Phi) is 13.6. The molecule has 0 aliphatic rings. The monoisotopic (exact) mass is 120 g/mol. The van der Waals surface area contributed by atoms with Crippen molar-refractivity contribution in [1.29, 1.82) is 0 Å². The van der Waals surface area contributed by atoms with Gasteiger partial charge in [0.1, 0.15) is 0 Å². The second-order valence-corrected chi connectivity index (χ2v) is 1.10. The topological polar surface area (TPSA) is 29.5 Å². The van der Waals surface area contributed by atoms with E-state index >= 15 is 0 Å². The average Bonchev–Trinajstić information content (AvgIpc) is 1.91. The van der Waals surface area contributed by atoms with Crippen LogP contribution in [0.5, 0.6) is 0 Å². The normalized spacial score (nSPS) is 11.6. The number of aliphatic hydroxyl groups excluding tert-OH is 1. The number of ether oxygens (including phenoxy) is 1. The van der Waals surface area contributed by atoms with E-state index in [-0.39, 0.29) is 0 Å². The van der Waals surface area contributed by atoms with E-state index in [1.54, 1.807) is 0 Å². The number of hydrogen-bond acceptors (Lipinski definition) is 2. The van der Waals surface area contributed by atoms with Crippen molar-refractivity contribution >= 4 is 0 Å². The summed E-state index contributed by atoms with van der Waals surface area (Å²) in [5, 5.41) is 8.44. The SMILES string of the molecule is CC.CCC(O)OC. The van der Waals surface area contributed by atoms with Crippen molar-refractivity contribution in [1.82, 2.24) is 0 Å². The van der Waals surface area contributed by atoms with Crippen LogP contribution in [0.15, 0.2) is 0 Å². The van der Waals surface area contributed by atoms with E-state index in [0.717, 1.165) is 0 Å². The van der Waals surface area contributed by atoms with Gasteiger partial charge in [-0.3, -0.25) is 0 Å². The summed E-state index contributed by atoms with van der Waals surface area (Å²) in [5.74, 6) is 0. The maximum Gasteiger partial charge on any atom is 0.153 e. The lowest BCUT2D eigenvalue weighted by Crippen LogP contribution is -2.05. The molecule has 0 aliphatic heterocycles. The number of aliphatic hydroxyl groups is 1. The Labute approximate surface area is 51.5 Å². The van der Waals surface area contributed by atoms with Crippen LogP contribution in [0.1, 0.15) is 27.2 Å². The molecule has 0 heterocycles. The Morgan fingerprint density at radius 3 is 1.88 bits per heavy atom. The van der Waals surface area contributed by atoms with Crippen LogP contribution >= 0.6 is 0 Å². The van der Waals surface area contributed by atoms with Crippen molar-refractivity contribution in [3.05, 3.63) is 0 Å². The zero-order valence-corrected chi connectivity index (χ0v) is 6.14. The van der Waals surface area contributed by atoms with Gasteiger partial charge >= 0.3 is 0 Å². The maximum absolute atomic E-state index is 8.44. The first-order valence-electron chi connectivity index (χ1n) is 3.02. The van der Waals surface area contributed by atoms with E-state index in [1.807, 2.05) is 20.8 Å². The van der Waals surface area contributed by atoms with Crippen LogP contribution < -0.4 is 0 Å². The highest BCUT2D eigenvalue weighted by atomic mass is 16.6. The van der Waals surface area contributed by atoms with Crippen molar-refractivity contribution in [2.45, 2.75) is 33.5 Å². The molecule has 0 saturated heterocycles. The van der Waals surface area contributed by atoms with Crippen molar-refractivity contribution in [3.8, 4) is 0 Å². The molecule has 0 aromatic heterocycles. The molecule has 52 valence electrons. The lowest BCUT2D eigenvalue weighted by atomic mass is 10.5. The Morgan fingerprint density at radius 2 is 1.88 bits per heavy atom. The molecule has 0 bridgehead atoms. The second-order valence-electron chi connectivity index (χ2n) is 1.10. The minimum absolute atomic E-state index is 0.565. The van der Waals surface area contributed by atoms with E-state index in [4.69, 9.17) is 5.11 Å². The third kappa shape index (κ3) is 9.33. The van der Waals surface area contributed by atoms with Gasteiger partial charge in [-0.15, -0.1) is 0 Å². The fourth-order valence-corrected chi connectivity index (χ4v) is 0.167. The largest absolute Gasteiger partial charge is 0.368 e. The standard InChI is InChI=1S/C4H10O2.C2H6/c1-3-4(5)6-2;1-2/h4-5H,3H2,1-2H3;1-2H3. The Balaban J connectivity index is 0. The minimum Gasteiger partial charge on any atom is -0.368 e. The van der Waals surface area contributed by atoms with Crippen LogP contribution in [0.4, 0.5) is 0 Å². The summed E-state index contributed by atoms with van der Waals surface area (Å²) in [7, 11) is 1.48. The summed E-state index contributed by atoms with van der Waals surface area (Å²) in [4.78, 5) is 0. The maximum atomic E-state index is 8.44. The molecular formula is C6H16O2. The van der Waals surface area contributed by atoms with Gasteiger partial charge in [-0.2, -0.15) is 0 Å². The highest BCUT2D eigenvalue weighted by Gasteiger charge is 1.90. The quantitative estimate of drug-likeness (QED) is 0.558. The van der Waals surface area contributed by atoms with E-state index in [0.29, 0.717) is 6.42 Å². The third-order valence-corrected chi connectivity index (χ3v) is 0.621. The average molecular weight is 120 g/mol. The molecule has 0 rings (SSSR count). The van der Waals surface area contributed by atoms with Gasteiger partial charge in [-0.25, -0.2) is 0 Å². The number of hydrogen-bond donors (Lipinski definition) is 1. The van der Waals surface area contributed by atoms with E-state index in [2.05, 4.69) is 4.74 Å². The molecule has 2 nitrogen and oxygen atoms in total. The molecule has 2 heteroatoms. The molecule has 1 N–H and O–H groups in total. The molecule has 0 spiro atoms. The number of rotatable bonds is 2. The lowest BCUT2D eigenvalue weighted by molar-refractivity contribution is -0.0748. The van der Waals surface area contributed by atoms with Gasteiger partial charge in [-0.05, 0) is 6.42 Å². The van der Waals surface area contributed by atoms with Crippen molar-refractivity contribution in [2.75, 3.05) is 7.11 Å². The summed E-state index contributed by atoms with van der Waals surface area (Å²) in [6.45, 7) is 5.86.